The average Bonchev–Trinajstić information content (AvgIpc) is 2.09. The first-order chi connectivity index (χ1) is 5.71. The Morgan fingerprint density at radius 2 is 1.50 bits per heavy atom. The molecule has 1 unspecified atom stereocenters. The minimum atomic E-state index is -0.741. The minimum Gasteiger partial charge on any atom is -0.363 e. The molecule has 0 amide bonds. The molecule has 0 aromatic rings. The molecule has 4 radical (unpaired) electrons. The van der Waals surface area contributed by atoms with E-state index in [2.05, 4.69) is 42.0 Å². The van der Waals surface area contributed by atoms with Gasteiger partial charge in [-0.3, -0.25) is 0 Å². The van der Waals surface area contributed by atoms with E-state index in [1.54, 1.807) is 0 Å². The fraction of sp³-hybridized carbons (Fsp3) is 1.00. The van der Waals surface area contributed by atoms with Crippen LogP contribution in [0.1, 0.15) is 13.8 Å². The van der Waals surface area contributed by atoms with Gasteiger partial charge in [0.2, 0.25) is 0 Å². The first-order valence-corrected chi connectivity index (χ1v) is 9.67. The van der Waals surface area contributed by atoms with Crippen molar-refractivity contribution in [2.45, 2.75) is 33.5 Å². The van der Waals surface area contributed by atoms with Gasteiger partial charge < -0.3 is 8.46 Å². The van der Waals surface area contributed by atoms with Gasteiger partial charge in [-0.2, -0.15) is 0 Å². The predicted molar refractivity (Wildman–Crippen MR) is 61.0 cm³/mol. The summed E-state index contributed by atoms with van der Waals surface area (Å²) >= 11 is 0. The Hall–Kier alpha value is 0.571. The lowest BCUT2D eigenvalue weighted by Gasteiger charge is -2.33. The second kappa shape index (κ2) is 7.02. The predicted octanol–water partition coefficient (Wildman–Crippen LogP) is 0.815. The topological polar surface area (TPSA) is 6.48 Å². The molecule has 5 heteroatoms. The number of nitrogens with zero attached hydrogens (tertiary/aromatic N) is 2. The highest BCUT2D eigenvalue weighted by molar-refractivity contribution is 6.72. The van der Waals surface area contributed by atoms with Crippen LogP contribution in [0.15, 0.2) is 0 Å². The Morgan fingerprint density at radius 1 is 1.08 bits per heavy atom. The van der Waals surface area contributed by atoms with E-state index in [9.17, 15) is 0 Å². The molecule has 0 aromatic heterocycles. The zero-order chi connectivity index (χ0) is 9.56. The van der Waals surface area contributed by atoms with Crippen LogP contribution >= 0.6 is 0 Å². The summed E-state index contributed by atoms with van der Waals surface area (Å²) in [7, 11) is 1.25. The van der Waals surface area contributed by atoms with Crippen LogP contribution < -0.4 is 0 Å². The van der Waals surface area contributed by atoms with Crippen LogP contribution in [0.3, 0.4) is 0 Å². The van der Waals surface area contributed by atoms with Crippen LogP contribution in [0, 0.1) is 0 Å². The molecule has 70 valence electrons. The van der Waals surface area contributed by atoms with Crippen molar-refractivity contribution < 1.29 is 0 Å². The SMILES string of the molecule is CCN(CC)[SiH](C)N([Si]C)[Si]C. The fourth-order valence-electron chi connectivity index (χ4n) is 1.40. The van der Waals surface area contributed by atoms with Crippen molar-refractivity contribution in [1.29, 1.82) is 0 Å². The molecule has 0 rings (SSSR count). The van der Waals surface area contributed by atoms with Crippen molar-refractivity contribution in [1.82, 2.24) is 8.46 Å². The maximum atomic E-state index is 2.67. The molecule has 0 spiro atoms. The van der Waals surface area contributed by atoms with Gasteiger partial charge in [0, 0.05) is 0 Å². The number of hydrogen-bond acceptors (Lipinski definition) is 2. The van der Waals surface area contributed by atoms with Crippen molar-refractivity contribution in [2.75, 3.05) is 13.1 Å². The van der Waals surface area contributed by atoms with Crippen molar-refractivity contribution in [2.24, 2.45) is 0 Å². The van der Waals surface area contributed by atoms with Gasteiger partial charge in [-0.1, -0.05) is 26.9 Å². The van der Waals surface area contributed by atoms with E-state index in [0.29, 0.717) is 0 Å². The molecule has 2 nitrogen and oxygen atoms in total. The lowest BCUT2D eigenvalue weighted by molar-refractivity contribution is 0.465. The van der Waals surface area contributed by atoms with E-state index >= 15 is 0 Å². The maximum absolute atomic E-state index is 2.67. The van der Waals surface area contributed by atoms with E-state index in [1.165, 1.54) is 13.1 Å². The van der Waals surface area contributed by atoms with Crippen molar-refractivity contribution in [3.05, 3.63) is 0 Å². The van der Waals surface area contributed by atoms with Crippen LogP contribution in [-0.2, 0) is 0 Å². The summed E-state index contributed by atoms with van der Waals surface area (Å²) < 4.78 is 5.31. The van der Waals surface area contributed by atoms with Crippen molar-refractivity contribution in [3.8, 4) is 0 Å². The zero-order valence-electron chi connectivity index (χ0n) is 8.89. The van der Waals surface area contributed by atoms with Crippen LogP contribution in [-0.4, -0.2) is 50.0 Å². The van der Waals surface area contributed by atoms with Crippen LogP contribution in [0.5, 0.6) is 0 Å². The number of hydrogen-bond donors (Lipinski definition) is 0. The summed E-state index contributed by atoms with van der Waals surface area (Å²) in [5.74, 6) is 0. The molecule has 0 fully saturated rings. The zero-order valence-corrected chi connectivity index (χ0v) is 12.0. The molecule has 0 saturated carbocycles. The van der Waals surface area contributed by atoms with Gasteiger partial charge >= 0.3 is 0 Å². The lowest BCUT2D eigenvalue weighted by Crippen LogP contribution is -2.52. The molecule has 0 N–H and O–H groups in total. The van der Waals surface area contributed by atoms with Gasteiger partial charge in [-0.15, -0.1) is 0 Å². The molecule has 1 atom stereocenters. The molecule has 0 aromatic carbocycles. The Morgan fingerprint density at radius 3 is 1.75 bits per heavy atom. The average molecular weight is 217 g/mol. The van der Waals surface area contributed by atoms with E-state index in [1.807, 2.05) is 0 Å². The highest BCUT2D eigenvalue weighted by Gasteiger charge is 2.17. The molecule has 12 heavy (non-hydrogen) atoms. The van der Waals surface area contributed by atoms with Gasteiger partial charge in [0.15, 0.2) is 9.12 Å². The van der Waals surface area contributed by atoms with E-state index in [4.69, 9.17) is 0 Å². The van der Waals surface area contributed by atoms with E-state index in [0.717, 1.165) is 19.4 Å². The molecule has 0 aliphatic carbocycles. The third kappa shape index (κ3) is 3.53. The minimum absolute atomic E-state index is 0.741. The first kappa shape index (κ1) is 12.6. The van der Waals surface area contributed by atoms with Gasteiger partial charge in [0.25, 0.3) is 0 Å². The molecule has 0 bridgehead atoms. The summed E-state index contributed by atoms with van der Waals surface area (Å²) in [4.78, 5) is 0. The van der Waals surface area contributed by atoms with E-state index < -0.39 is 9.12 Å². The molecule has 0 heterocycles. The van der Waals surface area contributed by atoms with Gasteiger partial charge in [0.05, 0.1) is 0 Å². The highest BCUT2D eigenvalue weighted by atomic mass is 28.4. The summed E-state index contributed by atoms with van der Waals surface area (Å²) in [6.45, 7) is 14.0. The van der Waals surface area contributed by atoms with Crippen molar-refractivity contribution >= 4 is 28.5 Å². The normalized spacial score (nSPS) is 14.2. The van der Waals surface area contributed by atoms with E-state index in [-0.39, 0.29) is 0 Å². The number of rotatable bonds is 6. The van der Waals surface area contributed by atoms with Gasteiger partial charge in [-0.25, -0.2) is 0 Å². The summed E-state index contributed by atoms with van der Waals surface area (Å²) in [5.41, 5.74) is 0. The summed E-state index contributed by atoms with van der Waals surface area (Å²) in [6, 6.07) is 0. The fourth-order valence-corrected chi connectivity index (χ4v) is 7.65. The summed E-state index contributed by atoms with van der Waals surface area (Å²) in [6.07, 6.45) is 0. The Labute approximate surface area is 83.9 Å². The second-order valence-electron chi connectivity index (χ2n) is 2.67. The maximum Gasteiger partial charge on any atom is 0.172 e. The molecule has 0 saturated heterocycles. The Kier molecular flexibility index (Phi) is 7.35. The molecular weight excluding hydrogens is 196 g/mol. The third-order valence-corrected chi connectivity index (χ3v) is 10.8. The Bertz CT molecular complexity index is 92.8. The quantitative estimate of drug-likeness (QED) is 0.607. The van der Waals surface area contributed by atoms with Crippen LogP contribution in [0.25, 0.3) is 0 Å². The van der Waals surface area contributed by atoms with Crippen molar-refractivity contribution in [3.63, 3.8) is 0 Å². The first-order valence-electron chi connectivity index (χ1n) is 4.59. The molecular formula is C7H20N2Si3. The third-order valence-electron chi connectivity index (χ3n) is 2.20. The Balaban J connectivity index is 4.02. The van der Waals surface area contributed by atoms with Crippen LogP contribution in [0.4, 0.5) is 0 Å². The van der Waals surface area contributed by atoms with Crippen LogP contribution in [0.2, 0.25) is 19.6 Å². The molecule has 0 aliphatic heterocycles. The summed E-state index contributed by atoms with van der Waals surface area (Å²) in [5, 5.41) is 0. The molecule has 0 aliphatic rings. The standard InChI is InChI=1S/C7H20N2Si3/c1-6-8(7-2)12(5)9(10-3)11-4/h12H,6-7H2,1-5H3. The smallest absolute Gasteiger partial charge is 0.172 e. The lowest BCUT2D eigenvalue weighted by atomic mass is 10.7. The second-order valence-corrected chi connectivity index (χ2v) is 8.52. The van der Waals surface area contributed by atoms with Gasteiger partial charge in [-0.05, 0) is 19.6 Å². The highest BCUT2D eigenvalue weighted by Crippen LogP contribution is 1.98. The van der Waals surface area contributed by atoms with Gasteiger partial charge in [0.1, 0.15) is 19.4 Å². The largest absolute Gasteiger partial charge is 0.363 e. The monoisotopic (exact) mass is 216 g/mol.